The number of ether oxygens (including phenoxy) is 1. The summed E-state index contributed by atoms with van der Waals surface area (Å²) >= 11 is 0. The number of alkyl halides is 3. The molecule has 0 aromatic carbocycles. The van der Waals surface area contributed by atoms with Crippen molar-refractivity contribution in [3.05, 3.63) is 22.2 Å². The number of anilines is 1. The number of hydrogen-bond acceptors (Lipinski definition) is 10. The Morgan fingerprint density at radius 3 is 2.32 bits per heavy atom. The summed E-state index contributed by atoms with van der Waals surface area (Å²) in [5, 5.41) is 0. The summed E-state index contributed by atoms with van der Waals surface area (Å²) in [5.74, 6) is -1.03. The normalized spacial score (nSPS) is 24.0. The molecule has 21 heteroatoms. The molecule has 1 fully saturated rings. The molecular formula is C10H15F3N3O12P3. The smallest absolute Gasteiger partial charge is 0.383 e. The van der Waals surface area contributed by atoms with Crippen molar-refractivity contribution < 1.29 is 64.3 Å². The van der Waals surface area contributed by atoms with Gasteiger partial charge in [-0.05, 0) is 12.8 Å². The predicted octanol–water partition coefficient (Wildman–Crippen LogP) is 0.865. The SMILES string of the molecule is Nc1nc(=O)n([C@H]2CC[C@@H](COP(=O)(O)OP(=O)(O)OP(=O)(O)O)O2)cc1C(F)(F)F. The molecule has 0 aliphatic carbocycles. The molecule has 15 nitrogen and oxygen atoms in total. The van der Waals surface area contributed by atoms with Crippen LogP contribution in [0.3, 0.4) is 0 Å². The molecule has 0 bridgehead atoms. The van der Waals surface area contributed by atoms with Crippen LogP contribution in [0.25, 0.3) is 0 Å². The number of nitrogens with two attached hydrogens (primary N) is 1. The fourth-order valence-corrected chi connectivity index (χ4v) is 5.45. The van der Waals surface area contributed by atoms with Gasteiger partial charge in [0.1, 0.15) is 17.6 Å². The van der Waals surface area contributed by atoms with Crippen molar-refractivity contribution in [2.75, 3.05) is 12.3 Å². The van der Waals surface area contributed by atoms with Crippen molar-refractivity contribution in [1.82, 2.24) is 9.55 Å². The first-order valence-electron chi connectivity index (χ1n) is 7.78. The molecule has 4 atom stereocenters. The van der Waals surface area contributed by atoms with E-state index in [-0.39, 0.29) is 12.8 Å². The molecule has 178 valence electrons. The third-order valence-corrected chi connectivity index (χ3v) is 7.32. The Labute approximate surface area is 170 Å². The summed E-state index contributed by atoms with van der Waals surface area (Å²) in [4.78, 5) is 50.2. The zero-order valence-electron chi connectivity index (χ0n) is 14.9. The summed E-state index contributed by atoms with van der Waals surface area (Å²) in [6.07, 6.45) is -6.90. The predicted molar refractivity (Wildman–Crippen MR) is 90.9 cm³/mol. The van der Waals surface area contributed by atoms with E-state index in [0.29, 0.717) is 10.8 Å². The highest BCUT2D eigenvalue weighted by Crippen LogP contribution is 2.66. The Morgan fingerprint density at radius 2 is 1.77 bits per heavy atom. The number of nitrogens with zero attached hydrogens (tertiary/aromatic N) is 2. The van der Waals surface area contributed by atoms with E-state index in [0.717, 1.165) is 0 Å². The number of nitrogen functional groups attached to an aromatic ring is 1. The van der Waals surface area contributed by atoms with E-state index < -0.39 is 65.7 Å². The summed E-state index contributed by atoms with van der Waals surface area (Å²) in [5.41, 5.74) is 2.58. The molecule has 2 unspecified atom stereocenters. The Hall–Kier alpha value is -1.16. The number of rotatable bonds is 8. The van der Waals surface area contributed by atoms with Crippen molar-refractivity contribution >= 4 is 29.3 Å². The number of phosphoric ester groups is 1. The zero-order chi connectivity index (χ0) is 23.8. The minimum absolute atomic E-state index is 0.00139. The molecule has 31 heavy (non-hydrogen) atoms. The topological polar surface area (TPSA) is 230 Å². The maximum Gasteiger partial charge on any atom is 0.490 e. The minimum atomic E-state index is -5.70. The van der Waals surface area contributed by atoms with Crippen LogP contribution in [0, 0.1) is 0 Å². The third-order valence-electron chi connectivity index (χ3n) is 3.52. The van der Waals surface area contributed by atoms with Crippen molar-refractivity contribution in [2.45, 2.75) is 31.3 Å². The summed E-state index contributed by atoms with van der Waals surface area (Å²) in [6, 6.07) is 0. The maximum atomic E-state index is 12.9. The number of hydrogen-bond donors (Lipinski definition) is 5. The van der Waals surface area contributed by atoms with Gasteiger partial charge >= 0.3 is 35.3 Å². The van der Waals surface area contributed by atoms with Crippen LogP contribution in [0.1, 0.15) is 24.6 Å². The maximum absolute atomic E-state index is 12.9. The van der Waals surface area contributed by atoms with E-state index in [1.807, 2.05) is 0 Å². The van der Waals surface area contributed by atoms with Gasteiger partial charge in [0.25, 0.3) is 0 Å². The van der Waals surface area contributed by atoms with Crippen molar-refractivity contribution in [2.24, 2.45) is 0 Å². The van der Waals surface area contributed by atoms with Crippen LogP contribution in [0.4, 0.5) is 19.0 Å². The second kappa shape index (κ2) is 9.00. The first-order chi connectivity index (χ1) is 13.9. The van der Waals surface area contributed by atoms with Crippen molar-refractivity contribution in [3.8, 4) is 0 Å². The first-order valence-corrected chi connectivity index (χ1v) is 12.3. The van der Waals surface area contributed by atoms with Gasteiger partial charge in [-0.3, -0.25) is 9.09 Å². The van der Waals surface area contributed by atoms with Crippen LogP contribution in [-0.4, -0.2) is 41.8 Å². The first kappa shape index (κ1) is 26.1. The van der Waals surface area contributed by atoms with Gasteiger partial charge in [0.15, 0.2) is 0 Å². The average molecular weight is 519 g/mol. The van der Waals surface area contributed by atoms with Crippen LogP contribution in [0.5, 0.6) is 0 Å². The summed E-state index contributed by atoms with van der Waals surface area (Å²) in [6.45, 7) is -0.816. The average Bonchev–Trinajstić information content (AvgIpc) is 2.97. The number of halogens is 3. The lowest BCUT2D eigenvalue weighted by Gasteiger charge is -2.19. The number of phosphoric acid groups is 3. The molecule has 1 aromatic rings. The molecule has 1 aromatic heterocycles. The molecule has 1 aliphatic rings. The van der Waals surface area contributed by atoms with Gasteiger partial charge < -0.3 is 30.0 Å². The van der Waals surface area contributed by atoms with Crippen molar-refractivity contribution in [3.63, 3.8) is 0 Å². The Morgan fingerprint density at radius 1 is 1.16 bits per heavy atom. The van der Waals surface area contributed by atoms with Crippen LogP contribution < -0.4 is 11.4 Å². The van der Waals surface area contributed by atoms with Crippen LogP contribution >= 0.6 is 23.5 Å². The monoisotopic (exact) mass is 519 g/mol. The summed E-state index contributed by atoms with van der Waals surface area (Å²) in [7, 11) is -16.7. The van der Waals surface area contributed by atoms with Gasteiger partial charge in [-0.1, -0.05) is 0 Å². The van der Waals surface area contributed by atoms with Gasteiger partial charge in [-0.2, -0.15) is 26.8 Å². The molecule has 0 amide bonds. The molecular weight excluding hydrogens is 504 g/mol. The molecule has 0 spiro atoms. The zero-order valence-corrected chi connectivity index (χ0v) is 17.5. The van der Waals surface area contributed by atoms with Gasteiger partial charge in [0.05, 0.1) is 12.7 Å². The fraction of sp³-hybridized carbons (Fsp3) is 0.600. The lowest BCUT2D eigenvalue weighted by Crippen LogP contribution is -2.30. The van der Waals surface area contributed by atoms with E-state index in [9.17, 15) is 36.6 Å². The van der Waals surface area contributed by atoms with Crippen LogP contribution in [0.15, 0.2) is 11.0 Å². The Bertz CT molecular complexity index is 1030. The van der Waals surface area contributed by atoms with Gasteiger partial charge in [0.2, 0.25) is 0 Å². The second-order valence-corrected chi connectivity index (χ2v) is 10.3. The van der Waals surface area contributed by atoms with E-state index in [1.165, 1.54) is 0 Å². The standard InChI is InChI=1S/C10H15F3N3O12P3/c11-10(12,13)6-3-16(9(17)15-8(6)14)7-2-1-5(26-7)4-25-30(21,22)28-31(23,24)27-29(18,19)20/h3,5,7H,1-2,4H2,(H,21,22)(H,23,24)(H2,14,15,17)(H2,18,19,20)/t5-,7+/m0/s1. The van der Waals surface area contributed by atoms with Crippen LogP contribution in [-0.2, 0) is 37.8 Å². The molecule has 1 aliphatic heterocycles. The molecule has 0 saturated carbocycles. The number of aromatic nitrogens is 2. The van der Waals surface area contributed by atoms with E-state index in [2.05, 4.69) is 18.1 Å². The highest BCUT2D eigenvalue weighted by Gasteiger charge is 2.42. The molecule has 0 radical (unpaired) electrons. The van der Waals surface area contributed by atoms with Gasteiger partial charge in [0, 0.05) is 6.20 Å². The molecule has 1 saturated heterocycles. The molecule has 6 N–H and O–H groups in total. The quantitative estimate of drug-likeness (QED) is 0.300. The van der Waals surface area contributed by atoms with E-state index in [4.69, 9.17) is 25.2 Å². The lowest BCUT2D eigenvalue weighted by molar-refractivity contribution is -0.138. The van der Waals surface area contributed by atoms with Gasteiger partial charge in [-0.25, -0.2) is 18.5 Å². The largest absolute Gasteiger partial charge is 0.490 e. The fourth-order valence-electron chi connectivity index (χ4n) is 2.40. The lowest BCUT2D eigenvalue weighted by atomic mass is 10.2. The summed E-state index contributed by atoms with van der Waals surface area (Å²) < 4.78 is 89.5. The van der Waals surface area contributed by atoms with Crippen LogP contribution in [0.2, 0.25) is 0 Å². The van der Waals surface area contributed by atoms with Gasteiger partial charge in [-0.15, -0.1) is 0 Å². The second-order valence-electron chi connectivity index (χ2n) is 5.90. The van der Waals surface area contributed by atoms with E-state index in [1.54, 1.807) is 0 Å². The van der Waals surface area contributed by atoms with Crippen molar-refractivity contribution in [1.29, 1.82) is 0 Å². The molecule has 2 heterocycles. The highest BCUT2D eigenvalue weighted by atomic mass is 31.3. The minimum Gasteiger partial charge on any atom is -0.383 e. The highest BCUT2D eigenvalue weighted by molar-refractivity contribution is 7.66. The molecule has 2 rings (SSSR count). The van der Waals surface area contributed by atoms with E-state index >= 15 is 0 Å². The Balaban J connectivity index is 2.03. The Kier molecular flexibility index (Phi) is 7.57. The third kappa shape index (κ3) is 7.73.